The molecule has 0 saturated heterocycles. The molecule has 0 aliphatic rings. The fraction of sp³-hybridized carbons (Fsp3) is 0.222. The van der Waals surface area contributed by atoms with Gasteiger partial charge in [-0.1, -0.05) is 44.5 Å². The molecule has 0 atom stereocenters. The van der Waals surface area contributed by atoms with Gasteiger partial charge in [-0.15, -0.1) is 0 Å². The highest BCUT2D eigenvalue weighted by Gasteiger charge is 2.14. The predicted octanol–water partition coefficient (Wildman–Crippen LogP) is 4.87. The first kappa shape index (κ1) is 18.5. The monoisotopic (exact) mass is 408 g/mol. The second kappa shape index (κ2) is 7.36. The van der Waals surface area contributed by atoms with Gasteiger partial charge in [0.1, 0.15) is 5.75 Å². The van der Waals surface area contributed by atoms with Gasteiger partial charge < -0.3 is 5.11 Å². The molecule has 0 aliphatic carbocycles. The average molecular weight is 410 g/mol. The van der Waals surface area contributed by atoms with Crippen molar-refractivity contribution in [3.05, 3.63) is 62.6 Å². The van der Waals surface area contributed by atoms with Gasteiger partial charge in [0.15, 0.2) is 0 Å². The first-order chi connectivity index (χ1) is 11.2. The highest BCUT2D eigenvalue weighted by molar-refractivity contribution is 9.10. The third-order valence-corrected chi connectivity index (χ3v) is 4.26. The molecule has 2 aromatic carbocycles. The van der Waals surface area contributed by atoms with E-state index in [0.29, 0.717) is 20.6 Å². The van der Waals surface area contributed by atoms with E-state index in [4.69, 9.17) is 11.6 Å². The van der Waals surface area contributed by atoms with Crippen molar-refractivity contribution in [2.24, 2.45) is 5.10 Å². The Labute approximate surface area is 154 Å². The van der Waals surface area contributed by atoms with Crippen LogP contribution in [0.15, 0.2) is 46.0 Å². The van der Waals surface area contributed by atoms with Gasteiger partial charge in [-0.2, -0.15) is 5.10 Å². The fourth-order valence-corrected chi connectivity index (χ4v) is 2.86. The first-order valence-electron chi connectivity index (χ1n) is 7.30. The predicted molar refractivity (Wildman–Crippen MR) is 101 cm³/mol. The summed E-state index contributed by atoms with van der Waals surface area (Å²) >= 11 is 9.11. The molecular weight excluding hydrogens is 392 g/mol. The first-order valence-corrected chi connectivity index (χ1v) is 8.47. The van der Waals surface area contributed by atoms with E-state index in [1.807, 2.05) is 12.1 Å². The number of hydrogen-bond donors (Lipinski definition) is 2. The normalized spacial score (nSPS) is 11.7. The second-order valence-electron chi connectivity index (χ2n) is 6.35. The number of benzene rings is 2. The number of hydrazone groups is 1. The highest BCUT2D eigenvalue weighted by atomic mass is 79.9. The lowest BCUT2D eigenvalue weighted by molar-refractivity contribution is 0.0955. The number of phenols is 1. The van der Waals surface area contributed by atoms with Crippen molar-refractivity contribution in [2.75, 3.05) is 0 Å². The highest BCUT2D eigenvalue weighted by Crippen LogP contribution is 2.30. The van der Waals surface area contributed by atoms with Gasteiger partial charge in [0, 0.05) is 16.1 Å². The summed E-state index contributed by atoms with van der Waals surface area (Å²) in [7, 11) is 0. The molecule has 24 heavy (non-hydrogen) atoms. The molecule has 0 saturated carbocycles. The molecule has 0 spiro atoms. The molecule has 0 unspecified atom stereocenters. The third kappa shape index (κ3) is 4.58. The average Bonchev–Trinajstić information content (AvgIpc) is 2.51. The fourth-order valence-electron chi connectivity index (χ4n) is 2.03. The lowest BCUT2D eigenvalue weighted by Crippen LogP contribution is -2.18. The Morgan fingerprint density at radius 1 is 1.25 bits per heavy atom. The molecule has 2 rings (SSSR count). The topological polar surface area (TPSA) is 61.7 Å². The molecule has 0 radical (unpaired) electrons. The smallest absolute Gasteiger partial charge is 0.271 e. The Hall–Kier alpha value is -1.85. The van der Waals surface area contributed by atoms with Crippen LogP contribution in [0.1, 0.15) is 42.3 Å². The van der Waals surface area contributed by atoms with Crippen molar-refractivity contribution in [2.45, 2.75) is 26.2 Å². The number of nitrogens with zero attached hydrogens (tertiary/aromatic N) is 1. The molecule has 0 aromatic heterocycles. The van der Waals surface area contributed by atoms with Crippen LogP contribution in [0.4, 0.5) is 0 Å². The number of rotatable bonds is 3. The van der Waals surface area contributed by atoms with Gasteiger partial charge in [0.25, 0.3) is 5.91 Å². The minimum Gasteiger partial charge on any atom is -0.506 e. The molecule has 0 bridgehead atoms. The van der Waals surface area contributed by atoms with Crippen LogP contribution in [0.25, 0.3) is 0 Å². The van der Waals surface area contributed by atoms with Crippen molar-refractivity contribution >= 4 is 39.7 Å². The van der Waals surface area contributed by atoms with Gasteiger partial charge in [0.05, 0.1) is 10.7 Å². The zero-order valence-corrected chi connectivity index (χ0v) is 15.9. The van der Waals surface area contributed by atoms with Crippen molar-refractivity contribution in [3.8, 4) is 5.75 Å². The molecule has 0 fully saturated rings. The minimum absolute atomic E-state index is 0.00642. The summed E-state index contributed by atoms with van der Waals surface area (Å²) < 4.78 is 0.459. The Balaban J connectivity index is 2.08. The summed E-state index contributed by atoms with van der Waals surface area (Å²) in [5.41, 5.74) is 4.53. The summed E-state index contributed by atoms with van der Waals surface area (Å²) in [5, 5.41) is 14.2. The maximum Gasteiger partial charge on any atom is 0.271 e. The molecule has 0 heterocycles. The number of hydrogen-bond acceptors (Lipinski definition) is 3. The van der Waals surface area contributed by atoms with Crippen LogP contribution in [0.5, 0.6) is 5.75 Å². The van der Waals surface area contributed by atoms with E-state index in [9.17, 15) is 9.90 Å². The Kier molecular flexibility index (Phi) is 5.67. The van der Waals surface area contributed by atoms with E-state index >= 15 is 0 Å². The molecule has 0 aliphatic heterocycles. The molecule has 1 amide bonds. The van der Waals surface area contributed by atoms with E-state index in [1.165, 1.54) is 6.21 Å². The lowest BCUT2D eigenvalue weighted by atomic mass is 9.87. The molecule has 4 nitrogen and oxygen atoms in total. The van der Waals surface area contributed by atoms with E-state index in [1.54, 1.807) is 24.3 Å². The van der Waals surface area contributed by atoms with Crippen LogP contribution in [0.2, 0.25) is 5.02 Å². The number of carbonyl (C=O) groups excluding carboxylic acids is 1. The molecule has 2 N–H and O–H groups in total. The number of aromatic hydroxyl groups is 1. The molecule has 6 heteroatoms. The van der Waals surface area contributed by atoms with Crippen molar-refractivity contribution < 1.29 is 9.90 Å². The van der Waals surface area contributed by atoms with E-state index in [-0.39, 0.29) is 17.1 Å². The number of carbonyl (C=O) groups is 1. The minimum atomic E-state index is -0.327. The second-order valence-corrected chi connectivity index (χ2v) is 7.64. The standard InChI is InChI=1S/C18H18BrClN2O2/c1-18(2,3)13-6-4-11(5-7-13)17(24)22-21-10-12-8-14(20)9-15(19)16(12)23/h4-10,23H,1-3H3,(H,22,24)/b21-10+. The SMILES string of the molecule is CC(C)(C)c1ccc(C(=O)N/N=C/c2cc(Cl)cc(Br)c2O)cc1. The maximum absolute atomic E-state index is 12.1. The number of amides is 1. The summed E-state index contributed by atoms with van der Waals surface area (Å²) in [6.45, 7) is 6.34. The van der Waals surface area contributed by atoms with Crippen LogP contribution in [0, 0.1) is 0 Å². The van der Waals surface area contributed by atoms with E-state index < -0.39 is 0 Å². The van der Waals surface area contributed by atoms with E-state index in [2.05, 4.69) is 47.2 Å². The van der Waals surface area contributed by atoms with Crippen LogP contribution in [-0.2, 0) is 5.41 Å². The number of phenolic OH excluding ortho intramolecular Hbond substituents is 1. The summed E-state index contributed by atoms with van der Waals surface area (Å²) in [6.07, 6.45) is 1.34. The van der Waals surface area contributed by atoms with Crippen LogP contribution >= 0.6 is 27.5 Å². The number of nitrogens with one attached hydrogen (secondary N) is 1. The Bertz CT molecular complexity index is 781. The number of halogens is 2. The molecule has 126 valence electrons. The quantitative estimate of drug-likeness (QED) is 0.561. The van der Waals surface area contributed by atoms with Crippen LogP contribution in [0.3, 0.4) is 0 Å². The van der Waals surface area contributed by atoms with Gasteiger partial charge in [-0.25, -0.2) is 5.43 Å². The van der Waals surface area contributed by atoms with Gasteiger partial charge in [-0.05, 0) is 51.2 Å². The van der Waals surface area contributed by atoms with Gasteiger partial charge in [0.2, 0.25) is 0 Å². The van der Waals surface area contributed by atoms with Gasteiger partial charge >= 0.3 is 0 Å². The van der Waals surface area contributed by atoms with Crippen molar-refractivity contribution in [1.29, 1.82) is 0 Å². The Morgan fingerprint density at radius 2 is 1.88 bits per heavy atom. The van der Waals surface area contributed by atoms with Crippen molar-refractivity contribution in [1.82, 2.24) is 5.43 Å². The largest absolute Gasteiger partial charge is 0.506 e. The third-order valence-electron chi connectivity index (χ3n) is 3.44. The summed E-state index contributed by atoms with van der Waals surface area (Å²) in [5.74, 6) is -0.320. The van der Waals surface area contributed by atoms with Gasteiger partial charge in [-0.3, -0.25) is 4.79 Å². The maximum atomic E-state index is 12.1. The molecule has 2 aromatic rings. The lowest BCUT2D eigenvalue weighted by Gasteiger charge is -2.18. The molecular formula is C18H18BrClN2O2. The van der Waals surface area contributed by atoms with Crippen LogP contribution < -0.4 is 5.43 Å². The summed E-state index contributed by atoms with van der Waals surface area (Å²) in [6, 6.07) is 10.5. The zero-order chi connectivity index (χ0) is 17.9. The van der Waals surface area contributed by atoms with Crippen LogP contribution in [-0.4, -0.2) is 17.2 Å². The van der Waals surface area contributed by atoms with Crippen molar-refractivity contribution in [3.63, 3.8) is 0 Å². The Morgan fingerprint density at radius 3 is 2.46 bits per heavy atom. The van der Waals surface area contributed by atoms with E-state index in [0.717, 1.165) is 5.56 Å². The zero-order valence-electron chi connectivity index (χ0n) is 13.6. The summed E-state index contributed by atoms with van der Waals surface area (Å²) in [4.78, 5) is 12.1.